The second-order valence-corrected chi connectivity index (χ2v) is 9.73. The average molecular weight is 499 g/mol. The van der Waals surface area contributed by atoms with E-state index in [1.54, 1.807) is 23.1 Å². The first kappa shape index (κ1) is 23.8. The fourth-order valence-corrected chi connectivity index (χ4v) is 4.88. The Bertz CT molecular complexity index is 1050. The van der Waals surface area contributed by atoms with Gasteiger partial charge in [-0.15, -0.1) is 21.5 Å². The minimum atomic E-state index is -1.82. The van der Waals surface area contributed by atoms with Gasteiger partial charge in [0.05, 0.1) is 17.3 Å². The number of likely N-dealkylation sites (tertiary alicyclic amines) is 1. The molecule has 1 amide bonds. The normalized spacial score (nSPS) is 13.7. The standard InChI is InChI=1S/C15H16N6O2S3.C2H2O4/c1-2-24-15-19-18-14(26-15)16-11(22)8-21-6-9(7-21)13-17-12(20-23-13)10-4-3-5-25-10;3-1(4)2(5)6/h3-5,9H,2,6-8H2,1H3,(H,16,18,22);(H,3,4)(H,5,6). The lowest BCUT2D eigenvalue weighted by atomic mass is 10.0. The molecule has 3 N–H and O–H groups in total. The van der Waals surface area contributed by atoms with Crippen molar-refractivity contribution in [2.75, 3.05) is 30.7 Å². The van der Waals surface area contributed by atoms with Gasteiger partial charge in [0, 0.05) is 13.1 Å². The van der Waals surface area contributed by atoms with Gasteiger partial charge >= 0.3 is 11.9 Å². The first-order chi connectivity index (χ1) is 15.4. The van der Waals surface area contributed by atoms with E-state index in [0.717, 1.165) is 28.1 Å². The van der Waals surface area contributed by atoms with Gasteiger partial charge in [-0.25, -0.2) is 9.59 Å². The maximum atomic E-state index is 12.1. The summed E-state index contributed by atoms with van der Waals surface area (Å²) in [6, 6.07) is 3.93. The van der Waals surface area contributed by atoms with Crippen LogP contribution in [0.1, 0.15) is 18.7 Å². The molecule has 170 valence electrons. The summed E-state index contributed by atoms with van der Waals surface area (Å²) in [4.78, 5) is 37.8. The smallest absolute Gasteiger partial charge is 0.414 e. The Morgan fingerprint density at radius 3 is 2.66 bits per heavy atom. The van der Waals surface area contributed by atoms with Crippen molar-refractivity contribution in [2.24, 2.45) is 0 Å². The highest BCUT2D eigenvalue weighted by atomic mass is 32.2. The molecule has 0 aliphatic carbocycles. The van der Waals surface area contributed by atoms with Crippen LogP contribution in [0.15, 0.2) is 26.4 Å². The molecule has 0 saturated carbocycles. The molecule has 1 fully saturated rings. The number of carboxylic acids is 2. The number of carboxylic acid groups (broad SMARTS) is 2. The Labute approximate surface area is 193 Å². The molecule has 1 aliphatic heterocycles. The molecule has 4 heterocycles. The van der Waals surface area contributed by atoms with E-state index >= 15 is 0 Å². The molecule has 1 saturated heterocycles. The van der Waals surface area contributed by atoms with E-state index in [4.69, 9.17) is 24.3 Å². The number of nitrogens with one attached hydrogen (secondary N) is 1. The average Bonchev–Trinajstić information content (AvgIpc) is 3.47. The van der Waals surface area contributed by atoms with Crippen LogP contribution in [0.2, 0.25) is 0 Å². The van der Waals surface area contributed by atoms with Gasteiger partial charge in [-0.3, -0.25) is 15.0 Å². The molecule has 12 nitrogen and oxygen atoms in total. The van der Waals surface area contributed by atoms with E-state index in [0.29, 0.717) is 23.4 Å². The number of amides is 1. The van der Waals surface area contributed by atoms with E-state index < -0.39 is 11.9 Å². The van der Waals surface area contributed by atoms with Crippen LogP contribution in [0.4, 0.5) is 5.13 Å². The van der Waals surface area contributed by atoms with Crippen molar-refractivity contribution in [1.82, 2.24) is 25.2 Å². The van der Waals surface area contributed by atoms with Crippen molar-refractivity contribution >= 4 is 57.4 Å². The lowest BCUT2D eigenvalue weighted by Crippen LogP contribution is -2.48. The third-order valence-corrected chi connectivity index (χ3v) is 6.68. The van der Waals surface area contributed by atoms with E-state index in [1.807, 2.05) is 22.4 Å². The molecule has 0 radical (unpaired) electrons. The van der Waals surface area contributed by atoms with Crippen molar-refractivity contribution in [2.45, 2.75) is 17.2 Å². The van der Waals surface area contributed by atoms with Crippen LogP contribution in [-0.4, -0.2) is 78.7 Å². The molecule has 15 heteroatoms. The zero-order valence-corrected chi connectivity index (χ0v) is 19.1. The van der Waals surface area contributed by atoms with Gasteiger partial charge in [0.2, 0.25) is 22.8 Å². The van der Waals surface area contributed by atoms with Crippen molar-refractivity contribution < 1.29 is 29.1 Å². The molecular formula is C17H18N6O6S3. The monoisotopic (exact) mass is 498 g/mol. The number of rotatable bonds is 7. The molecule has 4 rings (SSSR count). The van der Waals surface area contributed by atoms with Gasteiger partial charge in [-0.2, -0.15) is 4.98 Å². The molecule has 0 spiro atoms. The highest BCUT2D eigenvalue weighted by Crippen LogP contribution is 2.29. The predicted octanol–water partition coefficient (Wildman–Crippen LogP) is 1.96. The summed E-state index contributed by atoms with van der Waals surface area (Å²) in [5.74, 6) is -1.36. The summed E-state index contributed by atoms with van der Waals surface area (Å²) in [7, 11) is 0. The molecule has 0 bridgehead atoms. The summed E-state index contributed by atoms with van der Waals surface area (Å²) in [6.07, 6.45) is 0. The number of hydrogen-bond acceptors (Lipinski definition) is 12. The number of thiophene rings is 1. The molecule has 0 unspecified atom stereocenters. The van der Waals surface area contributed by atoms with Crippen molar-refractivity contribution in [3.05, 3.63) is 23.4 Å². The lowest BCUT2D eigenvalue weighted by molar-refractivity contribution is -0.159. The number of aromatic nitrogens is 4. The molecule has 3 aromatic rings. The Hall–Kier alpha value is -2.88. The minimum Gasteiger partial charge on any atom is -0.473 e. The number of carbonyl (C=O) groups is 3. The number of carbonyl (C=O) groups excluding carboxylic acids is 1. The Balaban J connectivity index is 0.000000427. The number of hydrogen-bond donors (Lipinski definition) is 3. The molecule has 0 aromatic carbocycles. The van der Waals surface area contributed by atoms with Gasteiger partial charge < -0.3 is 14.7 Å². The minimum absolute atomic E-state index is 0.0857. The quantitative estimate of drug-likeness (QED) is 0.246. The number of anilines is 1. The SMILES string of the molecule is CCSc1nnc(NC(=O)CN2CC(c3nc(-c4cccs4)no3)C2)s1.O=C(O)C(=O)O. The highest BCUT2D eigenvalue weighted by molar-refractivity contribution is 8.01. The maximum absolute atomic E-state index is 12.1. The van der Waals surface area contributed by atoms with Crippen LogP contribution >= 0.6 is 34.4 Å². The summed E-state index contributed by atoms with van der Waals surface area (Å²) < 4.78 is 6.23. The van der Waals surface area contributed by atoms with Gasteiger partial charge in [0.25, 0.3) is 0 Å². The van der Waals surface area contributed by atoms with Crippen molar-refractivity contribution in [1.29, 1.82) is 0 Å². The summed E-state index contributed by atoms with van der Waals surface area (Å²) in [5, 5.41) is 32.1. The van der Waals surface area contributed by atoms with Crippen LogP contribution in [0.25, 0.3) is 10.7 Å². The van der Waals surface area contributed by atoms with Gasteiger partial charge in [-0.1, -0.05) is 41.2 Å². The fourth-order valence-electron chi connectivity index (χ4n) is 2.57. The van der Waals surface area contributed by atoms with Gasteiger partial charge in [0.15, 0.2) is 4.34 Å². The third-order valence-electron chi connectivity index (χ3n) is 3.96. The summed E-state index contributed by atoms with van der Waals surface area (Å²) in [5.41, 5.74) is 0. The predicted molar refractivity (Wildman–Crippen MR) is 117 cm³/mol. The van der Waals surface area contributed by atoms with Crippen LogP contribution in [0.5, 0.6) is 0 Å². The topological polar surface area (TPSA) is 172 Å². The van der Waals surface area contributed by atoms with E-state index in [9.17, 15) is 4.79 Å². The zero-order valence-electron chi connectivity index (χ0n) is 16.6. The van der Waals surface area contributed by atoms with Gasteiger partial charge in [-0.05, 0) is 17.2 Å². The van der Waals surface area contributed by atoms with Crippen LogP contribution in [0, 0.1) is 0 Å². The second-order valence-electron chi connectivity index (χ2n) is 6.29. The summed E-state index contributed by atoms with van der Waals surface area (Å²) >= 11 is 4.59. The molecule has 1 aliphatic rings. The van der Waals surface area contributed by atoms with Crippen LogP contribution in [-0.2, 0) is 14.4 Å². The molecule has 3 aromatic heterocycles. The Morgan fingerprint density at radius 2 is 2.03 bits per heavy atom. The van der Waals surface area contributed by atoms with Gasteiger partial charge in [0.1, 0.15) is 0 Å². The highest BCUT2D eigenvalue weighted by Gasteiger charge is 2.33. The third kappa shape index (κ3) is 6.56. The van der Waals surface area contributed by atoms with E-state index in [2.05, 4.69) is 32.6 Å². The van der Waals surface area contributed by atoms with Crippen molar-refractivity contribution in [3.8, 4) is 10.7 Å². The number of aliphatic carboxylic acids is 2. The number of thioether (sulfide) groups is 1. The zero-order chi connectivity index (χ0) is 23.1. The van der Waals surface area contributed by atoms with E-state index in [1.165, 1.54) is 11.3 Å². The van der Waals surface area contributed by atoms with Crippen LogP contribution in [0.3, 0.4) is 0 Å². The molecule has 0 atom stereocenters. The number of nitrogens with zero attached hydrogens (tertiary/aromatic N) is 5. The first-order valence-corrected chi connectivity index (χ1v) is 11.9. The maximum Gasteiger partial charge on any atom is 0.414 e. The van der Waals surface area contributed by atoms with Crippen molar-refractivity contribution in [3.63, 3.8) is 0 Å². The van der Waals surface area contributed by atoms with E-state index in [-0.39, 0.29) is 11.8 Å². The molecule has 32 heavy (non-hydrogen) atoms. The lowest BCUT2D eigenvalue weighted by Gasteiger charge is -2.36. The Kier molecular flexibility index (Phi) is 8.26. The largest absolute Gasteiger partial charge is 0.473 e. The first-order valence-electron chi connectivity index (χ1n) is 9.18. The fraction of sp³-hybridized carbons (Fsp3) is 0.353. The molecular weight excluding hydrogens is 480 g/mol. The second kappa shape index (κ2) is 11.1. The summed E-state index contributed by atoms with van der Waals surface area (Å²) in [6.45, 7) is 3.83. The Morgan fingerprint density at radius 1 is 1.28 bits per heavy atom. The van der Waals surface area contributed by atoms with Crippen LogP contribution < -0.4 is 5.32 Å².